The van der Waals surface area contributed by atoms with Gasteiger partial charge in [-0.2, -0.15) is 33.7 Å². The number of carboxylic acid groups (broad SMARTS) is 1. The number of aliphatic carboxylic acids is 1. The lowest BCUT2D eigenvalue weighted by Gasteiger charge is -2.37. The Bertz CT molecular complexity index is 4540. The summed E-state index contributed by atoms with van der Waals surface area (Å²) < 4.78 is 181. The monoisotopic (exact) mass is 1890 g/mol. The molecule has 0 saturated heterocycles. The van der Waals surface area contributed by atoms with Crippen molar-refractivity contribution in [3.63, 3.8) is 0 Å². The normalized spacial score (nSPS) is 15.2. The summed E-state index contributed by atoms with van der Waals surface area (Å²) in [7, 11) is -56.2. The van der Waals surface area contributed by atoms with Gasteiger partial charge in [-0.3, -0.25) is 23.0 Å². The van der Waals surface area contributed by atoms with E-state index < -0.39 is 167 Å². The Balaban J connectivity index is 0.000000409. The van der Waals surface area contributed by atoms with Crippen molar-refractivity contribution < 1.29 is 169 Å². The summed E-state index contributed by atoms with van der Waals surface area (Å²) in [4.78, 5) is 149. The zero-order chi connectivity index (χ0) is 89.1. The lowest BCUT2D eigenvalue weighted by molar-refractivity contribution is -0.139. The summed E-state index contributed by atoms with van der Waals surface area (Å²) >= 11 is 0. The van der Waals surface area contributed by atoms with E-state index in [1.807, 2.05) is 0 Å². The van der Waals surface area contributed by atoms with Crippen LogP contribution in [0.5, 0.6) is 23.0 Å². The number of carbonyl (C=O) groups excluding carboxylic acids is 1. The van der Waals surface area contributed by atoms with E-state index in [0.717, 1.165) is 24.3 Å². The van der Waals surface area contributed by atoms with Gasteiger partial charge in [0.1, 0.15) is 42.6 Å². The summed E-state index contributed by atoms with van der Waals surface area (Å²) in [5.41, 5.74) is 37.6. The number of nitrogens with two attached hydrogens (primary N) is 7. The number of amides is 1. The number of carboxylic acids is 1. The number of phenols is 2. The first-order valence-electron chi connectivity index (χ1n) is 36.4. The van der Waals surface area contributed by atoms with Gasteiger partial charge < -0.3 is 152 Å². The van der Waals surface area contributed by atoms with Crippen LogP contribution >= 0.6 is 0 Å². The van der Waals surface area contributed by atoms with Gasteiger partial charge in [-0.1, -0.05) is 13.8 Å². The van der Waals surface area contributed by atoms with Gasteiger partial charge in [0.2, 0.25) is 0 Å². The van der Waals surface area contributed by atoms with Gasteiger partial charge in [-0.15, -0.1) is 0 Å². The fourth-order valence-electron chi connectivity index (χ4n) is 12.4. The lowest BCUT2D eigenvalue weighted by atomic mass is 10.00. The highest BCUT2D eigenvalue weighted by molar-refractivity contribution is 7.87. The summed E-state index contributed by atoms with van der Waals surface area (Å²) in [5, 5.41) is 32.8. The van der Waals surface area contributed by atoms with Crippen molar-refractivity contribution in [2.45, 2.75) is 173 Å². The van der Waals surface area contributed by atoms with E-state index in [4.69, 9.17) is 79.4 Å². The van der Waals surface area contributed by atoms with Crippen LogP contribution < -0.4 is 54.9 Å². The van der Waals surface area contributed by atoms with E-state index in [1.165, 1.54) is 13.8 Å². The summed E-state index contributed by atoms with van der Waals surface area (Å²) in [6, 6.07) is 1.76. The van der Waals surface area contributed by atoms with Crippen molar-refractivity contribution in [3.8, 4) is 45.3 Å². The number of carbonyl (C=O) groups is 2. The van der Waals surface area contributed by atoms with Crippen LogP contribution in [-0.2, 0) is 100 Å². The number of benzene rings is 4. The third-order valence-corrected chi connectivity index (χ3v) is 44.5. The zero-order valence-corrected chi connectivity index (χ0v) is 75.8. The SMILES string of the molecule is CCc1cc(S(=O)(=O)O)c2c(c1OCC(=O)NCCC[Si](O)(O[Si](O)(O)CCCN)O[Si](O)(CCCN)O[Si](O)(O)CCCN)Cc1c(O)c(C)cc(S(=O)(=O)O)c1-2.CCc1cc(S(=O)(=O)O)c2c(c1OCC(=O)O)Cc1c(O)c(C)cc(S(=O)(=O)O)c1-2.NCCC[Si](O)(O)O[Si](O)(CCCN)O[Si](O)(CCCN)O[Si](O)(O)CCCN. The van der Waals surface area contributed by atoms with E-state index in [0.29, 0.717) is 0 Å². The Kier molecular flexibility index (Phi) is 39.1. The highest BCUT2D eigenvalue weighted by Gasteiger charge is 2.59. The predicted molar refractivity (Wildman–Crippen MR) is 430 cm³/mol. The van der Waals surface area contributed by atoms with Crippen LogP contribution in [0.25, 0.3) is 22.3 Å². The fourth-order valence-corrected chi connectivity index (χ4v) is 40.0. The van der Waals surface area contributed by atoms with Crippen LogP contribution in [0.3, 0.4) is 0 Å². The standard InChI is InChI=1S/C30H54N4O18S2Si4.C18H18O10S2.C12H38N4O9Si4/c1-3-21-17-25(54(40,41)42)28-23(18-22-27(28)24(53(37,38)39)16-20(2)29(22)36)30(21)49-19-26(35)34-11-7-15-58(48,51-56(45,46)13-5-9-32)52-57(47,14-6-10-33)50-55(43,44)12-4-8-31;1-3-9-5-13(30(25,26)27)16-11(18(9)28-7-14(19)20)6-10-15(16)12(29(22,23)24)4-8(2)17(10)21;13-5-1-9-26(17,18)23-28(21,11-3-7-15)25-29(22,12-4-8-16)24-27(19,20)10-2-6-14/h16-17,36,43-48H,3-15,18-19,31-33H2,1-2H3,(H,34,35)(H,37,38,39)(H,40,41,42);4-5,21H,3,6-7H2,1-2H3,(H,19,20)(H,22,23,24)(H,25,26,27);17-22H,1-16H2. The van der Waals surface area contributed by atoms with E-state index in [2.05, 4.69) is 5.32 Å². The fraction of sp³-hybridized carbons (Fsp3) is 0.567. The summed E-state index contributed by atoms with van der Waals surface area (Å²) in [6.07, 6.45) is 0.785. The molecule has 668 valence electrons. The molecule has 0 saturated carbocycles. The number of aryl methyl sites for hydroxylation is 4. The highest BCUT2D eigenvalue weighted by atomic mass is 32.2. The maximum atomic E-state index is 13.1. The molecule has 45 nitrogen and oxygen atoms in total. The number of rotatable bonds is 49. The van der Waals surface area contributed by atoms with E-state index in [9.17, 15) is 129 Å². The Morgan fingerprint density at radius 1 is 0.385 bits per heavy atom. The molecule has 0 spiro atoms. The minimum Gasteiger partial charge on any atom is -0.507 e. The number of aromatic hydroxyl groups is 2. The number of fused-ring (bicyclic) bond motifs is 6. The number of hydrogen-bond donors (Lipinski definition) is 27. The van der Waals surface area contributed by atoms with Gasteiger partial charge in [-0.25, -0.2) is 4.79 Å². The molecule has 0 heterocycles. The first-order valence-corrected chi connectivity index (χ1v) is 58.1. The number of phenolic OH excluding ortho intramolecular Hbond substituents is 2. The second kappa shape index (κ2) is 43.6. The Hall–Kier alpha value is -4.60. The molecule has 57 heteroatoms. The van der Waals surface area contributed by atoms with Gasteiger partial charge in [-0.05, 0) is 170 Å². The van der Waals surface area contributed by atoms with Crippen LogP contribution in [0.1, 0.15) is 110 Å². The molecule has 0 aromatic heterocycles. The van der Waals surface area contributed by atoms with Crippen molar-refractivity contribution in [3.05, 3.63) is 68.8 Å². The van der Waals surface area contributed by atoms with Crippen LogP contribution in [0.2, 0.25) is 48.4 Å². The lowest BCUT2D eigenvalue weighted by Crippen LogP contribution is -2.64. The number of hydrogen-bond acceptors (Lipinski definition) is 39. The molecule has 1 amide bonds. The highest BCUT2D eigenvalue weighted by Crippen LogP contribution is 2.54. The second-order valence-corrected chi connectivity index (χ2v) is 53.4. The molecule has 0 aliphatic heterocycles. The van der Waals surface area contributed by atoms with Crippen molar-refractivity contribution >= 4 is 123 Å². The van der Waals surface area contributed by atoms with Gasteiger partial charge in [0.25, 0.3) is 46.4 Å². The van der Waals surface area contributed by atoms with Crippen LogP contribution in [-0.4, -0.2) is 273 Å². The topological polar surface area (TPSA) is 823 Å². The third-order valence-electron chi connectivity index (χ3n) is 17.6. The molecule has 117 heavy (non-hydrogen) atoms. The van der Waals surface area contributed by atoms with Gasteiger partial charge in [0.05, 0.1) is 0 Å². The summed E-state index contributed by atoms with van der Waals surface area (Å²) in [6.45, 7) is 5.13. The van der Waals surface area contributed by atoms with Gasteiger partial charge in [0.15, 0.2) is 13.2 Å². The largest absolute Gasteiger partial charge is 0.507 e. The van der Waals surface area contributed by atoms with Crippen molar-refractivity contribution in [1.82, 2.24) is 5.32 Å². The van der Waals surface area contributed by atoms with E-state index in [-0.39, 0.29) is 256 Å². The van der Waals surface area contributed by atoms with Crippen LogP contribution in [0.15, 0.2) is 43.8 Å². The first kappa shape index (κ1) is 105. The number of nitrogens with one attached hydrogen (secondary N) is 1. The Morgan fingerprint density at radius 3 is 0.889 bits per heavy atom. The zero-order valence-electron chi connectivity index (χ0n) is 64.5. The minimum atomic E-state index is -5.03. The van der Waals surface area contributed by atoms with Crippen molar-refractivity contribution in [2.24, 2.45) is 40.1 Å². The molecule has 0 bridgehead atoms. The molecule has 0 fully saturated rings. The maximum Gasteiger partial charge on any atom is 0.488 e. The smallest absolute Gasteiger partial charge is 0.488 e. The molecule has 2 aliphatic rings. The van der Waals surface area contributed by atoms with Crippen LogP contribution in [0.4, 0.5) is 0 Å². The average molecular weight is 1890 g/mol. The molecule has 34 N–H and O–H groups in total. The third kappa shape index (κ3) is 30.7. The van der Waals surface area contributed by atoms with Gasteiger partial charge >= 0.3 is 76.4 Å². The predicted octanol–water partition coefficient (Wildman–Crippen LogP) is -4.05. The van der Waals surface area contributed by atoms with Crippen LogP contribution in [0, 0.1) is 13.8 Å². The van der Waals surface area contributed by atoms with Gasteiger partial charge in [0, 0.05) is 112 Å². The molecule has 4 aromatic rings. The van der Waals surface area contributed by atoms with E-state index >= 15 is 0 Å². The molecular formula is C60H110N8O37S4Si8. The molecule has 4 aromatic carbocycles. The van der Waals surface area contributed by atoms with E-state index in [1.54, 1.807) is 13.8 Å². The molecule has 4 atom stereocenters. The molecule has 2 aliphatic carbocycles. The summed E-state index contributed by atoms with van der Waals surface area (Å²) in [5.74, 6) is -2.82. The second-order valence-electron chi connectivity index (χ2n) is 27.3. The van der Waals surface area contributed by atoms with Crippen molar-refractivity contribution in [1.29, 1.82) is 0 Å². The number of ether oxygens (including phenoxy) is 2. The quantitative estimate of drug-likeness (QED) is 0.00982. The average Bonchev–Trinajstić information content (AvgIpc) is 1.55. The van der Waals surface area contributed by atoms with Crippen molar-refractivity contribution in [2.75, 3.05) is 65.6 Å². The molecule has 6 rings (SSSR count). The molecular weight excluding hydrogens is 1780 g/mol. The minimum absolute atomic E-state index is 0.00823. The molecule has 0 radical (unpaired) electrons. The maximum absolute atomic E-state index is 13.1. The molecule has 4 unspecified atom stereocenters. The Morgan fingerprint density at radius 2 is 0.632 bits per heavy atom. The first-order chi connectivity index (χ1) is 53.9. The Labute approximate surface area is 684 Å².